The zero-order valence-electron chi connectivity index (χ0n) is 8.96. The number of aryl methyl sites for hydroxylation is 1. The molecule has 1 aliphatic heterocycles. The van der Waals surface area contributed by atoms with Crippen LogP contribution in [0.5, 0.6) is 0 Å². The van der Waals surface area contributed by atoms with E-state index in [0.29, 0.717) is 5.76 Å². The Bertz CT molecular complexity index is 366. The summed E-state index contributed by atoms with van der Waals surface area (Å²) in [5.74, 6) is 0.124. The third-order valence-corrected chi connectivity index (χ3v) is 2.74. The van der Waals surface area contributed by atoms with Crippen LogP contribution in [-0.2, 0) is 0 Å². The van der Waals surface area contributed by atoms with Crippen LogP contribution in [0.2, 0.25) is 0 Å². The van der Waals surface area contributed by atoms with Gasteiger partial charge in [0.1, 0.15) is 0 Å². The molecule has 5 heteroatoms. The number of hydrogen-bond donors (Lipinski definition) is 2. The summed E-state index contributed by atoms with van der Waals surface area (Å²) in [4.78, 5) is 11.8. The van der Waals surface area contributed by atoms with Gasteiger partial charge in [0.15, 0.2) is 0 Å². The Morgan fingerprint density at radius 3 is 3.07 bits per heavy atom. The van der Waals surface area contributed by atoms with E-state index in [1.807, 2.05) is 6.92 Å². The second-order valence-electron chi connectivity index (χ2n) is 4.28. The zero-order valence-corrected chi connectivity index (χ0v) is 8.96. The van der Waals surface area contributed by atoms with Crippen LogP contribution in [0.15, 0.2) is 10.7 Å². The van der Waals surface area contributed by atoms with Gasteiger partial charge >= 0.3 is 0 Å². The van der Waals surface area contributed by atoms with E-state index in [0.717, 1.165) is 25.1 Å². The predicted octanol–water partition coefficient (Wildman–Crippen LogP) is 0.465. The molecule has 1 atom stereocenters. The number of carbonyl (C=O) groups excluding carboxylic acids is 1. The molecule has 0 aromatic carbocycles. The van der Waals surface area contributed by atoms with Crippen LogP contribution in [0, 0.1) is 6.92 Å². The predicted molar refractivity (Wildman–Crippen MR) is 54.6 cm³/mol. The van der Waals surface area contributed by atoms with Gasteiger partial charge in [-0.25, -0.2) is 0 Å². The highest BCUT2D eigenvalue weighted by atomic mass is 16.5. The number of nitrogens with one attached hydrogen (secondary N) is 2. The maximum absolute atomic E-state index is 11.8. The normalized spacial score (nSPS) is 25.5. The lowest BCUT2D eigenvalue weighted by Crippen LogP contribution is -2.47. The minimum atomic E-state index is -0.184. The van der Waals surface area contributed by atoms with E-state index in [1.54, 1.807) is 13.1 Å². The van der Waals surface area contributed by atoms with E-state index in [-0.39, 0.29) is 11.4 Å². The first kappa shape index (κ1) is 10.2. The molecule has 2 rings (SSSR count). The van der Waals surface area contributed by atoms with E-state index in [1.165, 1.54) is 0 Å². The van der Waals surface area contributed by atoms with Gasteiger partial charge in [-0.05, 0) is 26.8 Å². The van der Waals surface area contributed by atoms with Crippen molar-refractivity contribution >= 4 is 5.91 Å². The molecule has 15 heavy (non-hydrogen) atoms. The summed E-state index contributed by atoms with van der Waals surface area (Å²) >= 11 is 0. The van der Waals surface area contributed by atoms with Gasteiger partial charge in [0.05, 0.1) is 11.7 Å². The molecule has 1 aromatic heterocycles. The summed E-state index contributed by atoms with van der Waals surface area (Å²) in [5.41, 5.74) is 0.595. The van der Waals surface area contributed by atoms with Crippen molar-refractivity contribution in [2.24, 2.45) is 0 Å². The van der Waals surface area contributed by atoms with Crippen molar-refractivity contribution < 1.29 is 9.32 Å². The molecule has 1 aliphatic rings. The molecule has 0 bridgehead atoms. The minimum absolute atomic E-state index is 0.170. The molecule has 1 saturated heterocycles. The van der Waals surface area contributed by atoms with Crippen LogP contribution in [0.1, 0.15) is 29.5 Å². The molecule has 0 saturated carbocycles. The Hall–Kier alpha value is -1.36. The highest BCUT2D eigenvalue weighted by Gasteiger charge is 2.31. The minimum Gasteiger partial charge on any atom is -0.351 e. The molecule has 5 nitrogen and oxygen atoms in total. The van der Waals surface area contributed by atoms with Crippen molar-refractivity contribution in [1.29, 1.82) is 0 Å². The smallest absolute Gasteiger partial charge is 0.290 e. The lowest BCUT2D eigenvalue weighted by atomic mass is 10.0. The third-order valence-electron chi connectivity index (χ3n) is 2.74. The molecule has 1 aromatic rings. The van der Waals surface area contributed by atoms with Gasteiger partial charge in [-0.1, -0.05) is 5.16 Å². The standard InChI is InChI=1S/C10H15N3O2/c1-7-5-12-15-8(7)9(14)13-10(2)3-4-11-6-10/h5,11H,3-4,6H2,1-2H3,(H,13,14). The molecular formula is C10H15N3O2. The quantitative estimate of drug-likeness (QED) is 0.742. The number of rotatable bonds is 2. The van der Waals surface area contributed by atoms with Gasteiger partial charge in [0.25, 0.3) is 5.91 Å². The average Bonchev–Trinajstić information content (AvgIpc) is 2.74. The van der Waals surface area contributed by atoms with E-state index in [9.17, 15) is 4.79 Å². The summed E-state index contributed by atoms with van der Waals surface area (Å²) in [6.07, 6.45) is 2.48. The SMILES string of the molecule is Cc1cnoc1C(=O)NC1(C)CCNC1. The van der Waals surface area contributed by atoms with E-state index in [2.05, 4.69) is 15.8 Å². The number of aromatic nitrogens is 1. The topological polar surface area (TPSA) is 67.2 Å². The first-order valence-corrected chi connectivity index (χ1v) is 5.05. The highest BCUT2D eigenvalue weighted by Crippen LogP contribution is 2.15. The lowest BCUT2D eigenvalue weighted by Gasteiger charge is -2.23. The van der Waals surface area contributed by atoms with Gasteiger partial charge < -0.3 is 15.2 Å². The van der Waals surface area contributed by atoms with Crippen LogP contribution in [0.4, 0.5) is 0 Å². The van der Waals surface area contributed by atoms with Crippen LogP contribution >= 0.6 is 0 Å². The molecule has 1 amide bonds. The second-order valence-corrected chi connectivity index (χ2v) is 4.28. The van der Waals surface area contributed by atoms with Crippen LogP contribution in [-0.4, -0.2) is 29.7 Å². The van der Waals surface area contributed by atoms with Gasteiger partial charge in [0, 0.05) is 12.1 Å². The van der Waals surface area contributed by atoms with Crippen LogP contribution in [0.25, 0.3) is 0 Å². The largest absolute Gasteiger partial charge is 0.351 e. The fourth-order valence-electron chi connectivity index (χ4n) is 1.76. The number of hydrogen-bond acceptors (Lipinski definition) is 4. The summed E-state index contributed by atoms with van der Waals surface area (Å²) in [5, 5.41) is 9.77. The van der Waals surface area contributed by atoms with E-state index < -0.39 is 0 Å². The molecule has 0 aliphatic carbocycles. The maximum atomic E-state index is 11.8. The number of amides is 1. The van der Waals surface area contributed by atoms with Gasteiger partial charge in [-0.2, -0.15) is 0 Å². The first-order valence-electron chi connectivity index (χ1n) is 5.05. The highest BCUT2D eigenvalue weighted by molar-refractivity contribution is 5.93. The summed E-state index contributed by atoms with van der Waals surface area (Å²) in [6.45, 7) is 5.56. The monoisotopic (exact) mass is 209 g/mol. The van der Waals surface area contributed by atoms with Crippen molar-refractivity contribution in [2.75, 3.05) is 13.1 Å². The molecule has 2 N–H and O–H groups in total. The Morgan fingerprint density at radius 2 is 2.53 bits per heavy atom. The van der Waals surface area contributed by atoms with Gasteiger partial charge in [-0.3, -0.25) is 4.79 Å². The van der Waals surface area contributed by atoms with Crippen molar-refractivity contribution in [3.05, 3.63) is 17.5 Å². The molecular weight excluding hydrogens is 194 g/mol. The Kier molecular flexibility index (Phi) is 2.48. The zero-order chi connectivity index (χ0) is 10.9. The third kappa shape index (κ3) is 2.02. The van der Waals surface area contributed by atoms with Crippen LogP contribution < -0.4 is 10.6 Å². The summed E-state index contributed by atoms with van der Waals surface area (Å²) < 4.78 is 4.90. The fraction of sp³-hybridized carbons (Fsp3) is 0.600. The number of nitrogens with zero attached hydrogens (tertiary/aromatic N) is 1. The Morgan fingerprint density at radius 1 is 1.73 bits per heavy atom. The summed E-state index contributed by atoms with van der Waals surface area (Å²) in [6, 6.07) is 0. The Balaban J connectivity index is 2.07. The lowest BCUT2D eigenvalue weighted by molar-refractivity contribution is 0.0874. The van der Waals surface area contributed by atoms with E-state index >= 15 is 0 Å². The van der Waals surface area contributed by atoms with Crippen molar-refractivity contribution in [3.63, 3.8) is 0 Å². The average molecular weight is 209 g/mol. The van der Waals surface area contributed by atoms with Crippen molar-refractivity contribution in [2.45, 2.75) is 25.8 Å². The molecule has 82 valence electrons. The van der Waals surface area contributed by atoms with Gasteiger partial charge in [-0.15, -0.1) is 0 Å². The summed E-state index contributed by atoms with van der Waals surface area (Å²) in [7, 11) is 0. The molecule has 2 heterocycles. The number of carbonyl (C=O) groups is 1. The van der Waals surface area contributed by atoms with Crippen LogP contribution in [0.3, 0.4) is 0 Å². The second kappa shape index (κ2) is 3.66. The molecule has 0 spiro atoms. The Labute approximate surface area is 88.2 Å². The maximum Gasteiger partial charge on any atom is 0.290 e. The molecule has 1 fully saturated rings. The molecule has 1 unspecified atom stereocenters. The van der Waals surface area contributed by atoms with Crippen molar-refractivity contribution in [3.8, 4) is 0 Å². The first-order chi connectivity index (χ1) is 7.11. The van der Waals surface area contributed by atoms with Gasteiger partial charge in [0.2, 0.25) is 5.76 Å². The van der Waals surface area contributed by atoms with Crippen molar-refractivity contribution in [1.82, 2.24) is 15.8 Å². The molecule has 0 radical (unpaired) electrons. The van der Waals surface area contributed by atoms with E-state index in [4.69, 9.17) is 4.52 Å². The fourth-order valence-corrected chi connectivity index (χ4v) is 1.76.